The van der Waals surface area contributed by atoms with Crippen LogP contribution >= 0.6 is 0 Å². The first-order chi connectivity index (χ1) is 13.0. The van der Waals surface area contributed by atoms with Gasteiger partial charge >= 0.3 is 0 Å². The Hall–Kier alpha value is -2.56. The molecule has 0 spiro atoms. The van der Waals surface area contributed by atoms with Gasteiger partial charge in [0.05, 0.1) is 5.69 Å². The molecule has 4 rings (SSSR count). The zero-order chi connectivity index (χ0) is 19.0. The van der Waals surface area contributed by atoms with E-state index in [9.17, 15) is 4.79 Å². The van der Waals surface area contributed by atoms with Crippen LogP contribution in [0.5, 0.6) is 0 Å². The zero-order valence-corrected chi connectivity index (χ0v) is 16.5. The van der Waals surface area contributed by atoms with Crippen LogP contribution in [0.2, 0.25) is 0 Å². The van der Waals surface area contributed by atoms with E-state index in [0.717, 1.165) is 43.7 Å². The third kappa shape index (κ3) is 3.51. The molecule has 1 N–H and O–H groups in total. The fourth-order valence-corrected chi connectivity index (χ4v) is 4.32. The number of nitrogens with one attached hydrogen (secondary N) is 1. The molecule has 1 aliphatic rings. The van der Waals surface area contributed by atoms with Crippen LogP contribution in [0.15, 0.2) is 30.3 Å². The van der Waals surface area contributed by atoms with Crippen molar-refractivity contribution < 1.29 is 4.79 Å². The fourth-order valence-electron chi connectivity index (χ4n) is 4.32. The highest BCUT2D eigenvalue weighted by Crippen LogP contribution is 2.30. The average molecular weight is 364 g/mol. The van der Waals surface area contributed by atoms with E-state index in [1.807, 2.05) is 23.6 Å². The summed E-state index contributed by atoms with van der Waals surface area (Å²) >= 11 is 0. The van der Waals surface area contributed by atoms with Gasteiger partial charge in [-0.25, -0.2) is 0 Å². The molecule has 27 heavy (non-hydrogen) atoms. The quantitative estimate of drug-likeness (QED) is 0.764. The van der Waals surface area contributed by atoms with E-state index in [-0.39, 0.29) is 5.91 Å². The minimum atomic E-state index is 0.271. The number of likely N-dealkylation sites (tertiary alicyclic amines) is 1. The molecule has 1 saturated heterocycles. The van der Waals surface area contributed by atoms with E-state index in [4.69, 9.17) is 0 Å². The minimum absolute atomic E-state index is 0.271. The largest absolute Gasteiger partial charge is 0.358 e. The number of rotatable bonds is 4. The Labute approximate surface area is 160 Å². The zero-order valence-electron chi connectivity index (χ0n) is 16.5. The number of fused-ring (bicyclic) bond motifs is 1. The number of aromatic nitrogens is 3. The lowest BCUT2D eigenvalue weighted by Gasteiger charge is -2.31. The van der Waals surface area contributed by atoms with Crippen molar-refractivity contribution >= 4 is 16.8 Å². The van der Waals surface area contributed by atoms with Crippen molar-refractivity contribution in [2.45, 2.75) is 45.4 Å². The number of aryl methyl sites for hydroxylation is 2. The number of para-hydroxylation sites is 1. The summed E-state index contributed by atoms with van der Waals surface area (Å²) in [6.45, 7) is 5.80. The van der Waals surface area contributed by atoms with Crippen LogP contribution in [0.1, 0.15) is 47.8 Å². The number of benzene rings is 1. The summed E-state index contributed by atoms with van der Waals surface area (Å²) in [6.07, 6.45) is 3.42. The first-order valence-corrected chi connectivity index (χ1v) is 9.87. The first-order valence-electron chi connectivity index (χ1n) is 9.87. The Morgan fingerprint density at radius 1 is 1.22 bits per heavy atom. The van der Waals surface area contributed by atoms with Crippen LogP contribution in [0, 0.1) is 13.8 Å². The van der Waals surface area contributed by atoms with Gasteiger partial charge in [-0.2, -0.15) is 5.10 Å². The summed E-state index contributed by atoms with van der Waals surface area (Å²) in [5.74, 6) is 0.789. The Morgan fingerprint density at radius 3 is 2.63 bits per heavy atom. The number of piperidine rings is 1. The average Bonchev–Trinajstić information content (AvgIpc) is 3.21. The Bertz CT molecular complexity index is 927. The highest BCUT2D eigenvalue weighted by atomic mass is 16.2. The third-order valence-corrected chi connectivity index (χ3v) is 6.09. The molecule has 142 valence electrons. The topological polar surface area (TPSA) is 53.9 Å². The van der Waals surface area contributed by atoms with Gasteiger partial charge in [-0.3, -0.25) is 9.48 Å². The fraction of sp³-hybridized carbons (Fsp3) is 0.455. The van der Waals surface area contributed by atoms with Gasteiger partial charge in [0.15, 0.2) is 0 Å². The maximum absolute atomic E-state index is 12.7. The lowest BCUT2D eigenvalue weighted by atomic mass is 9.93. The van der Waals surface area contributed by atoms with Gasteiger partial charge < -0.3 is 9.88 Å². The van der Waals surface area contributed by atoms with Crippen LogP contribution in [-0.2, 0) is 18.3 Å². The van der Waals surface area contributed by atoms with E-state index in [2.05, 4.69) is 47.3 Å². The second kappa shape index (κ2) is 7.22. The van der Waals surface area contributed by atoms with Gasteiger partial charge in [-0.1, -0.05) is 18.2 Å². The van der Waals surface area contributed by atoms with E-state index in [1.54, 1.807) is 0 Å². The number of nitrogens with zero attached hydrogens (tertiary/aromatic N) is 3. The van der Waals surface area contributed by atoms with Crippen molar-refractivity contribution in [2.75, 3.05) is 13.1 Å². The Kier molecular flexibility index (Phi) is 4.77. The second-order valence-corrected chi connectivity index (χ2v) is 7.74. The molecule has 1 aliphatic heterocycles. The smallest absolute Gasteiger partial charge is 0.222 e. The molecule has 5 heteroatoms. The molecule has 0 radical (unpaired) electrons. The van der Waals surface area contributed by atoms with Gasteiger partial charge in [0.1, 0.15) is 0 Å². The van der Waals surface area contributed by atoms with Crippen LogP contribution in [-0.4, -0.2) is 38.7 Å². The molecule has 0 bridgehead atoms. The van der Waals surface area contributed by atoms with Crippen molar-refractivity contribution in [1.82, 2.24) is 19.7 Å². The van der Waals surface area contributed by atoms with Gasteiger partial charge in [0, 0.05) is 49.4 Å². The Morgan fingerprint density at radius 2 is 1.96 bits per heavy atom. The molecular weight excluding hydrogens is 336 g/mol. The van der Waals surface area contributed by atoms with Crippen molar-refractivity contribution in [2.24, 2.45) is 7.05 Å². The van der Waals surface area contributed by atoms with Crippen LogP contribution in [0.25, 0.3) is 10.9 Å². The predicted molar refractivity (Wildman–Crippen MR) is 108 cm³/mol. The Balaban J connectivity index is 1.33. The predicted octanol–water partition coefficient (Wildman–Crippen LogP) is 3.86. The molecule has 1 fully saturated rings. The molecular formula is C22H28N4O. The second-order valence-electron chi connectivity index (χ2n) is 7.74. The molecule has 5 nitrogen and oxygen atoms in total. The normalized spacial score (nSPS) is 15.6. The molecule has 3 heterocycles. The van der Waals surface area contributed by atoms with Crippen LogP contribution < -0.4 is 0 Å². The van der Waals surface area contributed by atoms with Crippen molar-refractivity contribution in [3.63, 3.8) is 0 Å². The highest BCUT2D eigenvalue weighted by Gasteiger charge is 2.25. The highest BCUT2D eigenvalue weighted by molar-refractivity contribution is 5.80. The van der Waals surface area contributed by atoms with E-state index >= 15 is 0 Å². The summed E-state index contributed by atoms with van der Waals surface area (Å²) in [5, 5.41) is 5.72. The van der Waals surface area contributed by atoms with Gasteiger partial charge in [0.25, 0.3) is 0 Å². The van der Waals surface area contributed by atoms with Crippen LogP contribution in [0.4, 0.5) is 0 Å². The third-order valence-electron chi connectivity index (χ3n) is 6.09. The standard InChI is InChI=1S/C22H28N4O/c1-15-19(16(2)25(3)24-15)8-9-22(27)26-12-10-17(11-13-26)21-14-18-6-4-5-7-20(18)23-21/h4-7,14,17,23H,8-13H2,1-3H3. The molecule has 1 amide bonds. The molecule has 0 saturated carbocycles. The molecule has 0 atom stereocenters. The summed E-state index contributed by atoms with van der Waals surface area (Å²) in [4.78, 5) is 18.3. The number of aromatic amines is 1. The SMILES string of the molecule is Cc1nn(C)c(C)c1CCC(=O)N1CCC(c2cc3ccccc3[nH]2)CC1. The van der Waals surface area contributed by atoms with Gasteiger partial charge in [0.2, 0.25) is 5.91 Å². The van der Waals surface area contributed by atoms with Crippen molar-refractivity contribution in [3.8, 4) is 0 Å². The summed E-state index contributed by atoms with van der Waals surface area (Å²) in [7, 11) is 1.96. The van der Waals surface area contributed by atoms with E-state index in [1.165, 1.54) is 22.2 Å². The lowest BCUT2D eigenvalue weighted by Crippen LogP contribution is -2.38. The minimum Gasteiger partial charge on any atom is -0.358 e. The number of carbonyl (C=O) groups excluding carboxylic acids is 1. The number of hydrogen-bond donors (Lipinski definition) is 1. The molecule has 0 unspecified atom stereocenters. The maximum atomic E-state index is 12.7. The monoisotopic (exact) mass is 364 g/mol. The molecule has 3 aromatic rings. The van der Waals surface area contributed by atoms with E-state index in [0.29, 0.717) is 12.3 Å². The number of carbonyl (C=O) groups is 1. The van der Waals surface area contributed by atoms with Gasteiger partial charge in [-0.15, -0.1) is 0 Å². The summed E-state index contributed by atoms with van der Waals surface area (Å²) in [5.41, 5.74) is 5.94. The first kappa shape index (κ1) is 17.8. The number of H-pyrrole nitrogens is 1. The van der Waals surface area contributed by atoms with Crippen LogP contribution in [0.3, 0.4) is 0 Å². The number of hydrogen-bond acceptors (Lipinski definition) is 2. The summed E-state index contributed by atoms with van der Waals surface area (Å²) < 4.78 is 1.90. The summed E-state index contributed by atoms with van der Waals surface area (Å²) in [6, 6.07) is 10.7. The maximum Gasteiger partial charge on any atom is 0.222 e. The van der Waals surface area contributed by atoms with Crippen molar-refractivity contribution in [3.05, 3.63) is 53.0 Å². The lowest BCUT2D eigenvalue weighted by molar-refractivity contribution is -0.132. The molecule has 0 aliphatic carbocycles. The molecule has 2 aromatic heterocycles. The van der Waals surface area contributed by atoms with Gasteiger partial charge in [-0.05, 0) is 56.2 Å². The number of amides is 1. The van der Waals surface area contributed by atoms with E-state index < -0.39 is 0 Å². The van der Waals surface area contributed by atoms with Crippen molar-refractivity contribution in [1.29, 1.82) is 0 Å². The molecule has 1 aromatic carbocycles.